The number of methoxy groups -OCH3 is 1. The maximum atomic E-state index is 13.6. The van der Waals surface area contributed by atoms with E-state index in [-0.39, 0.29) is 21.6 Å². The molecular weight excluding hydrogens is 371 g/mol. The molecule has 0 saturated heterocycles. The number of ether oxygens (including phenoxy) is 1. The fourth-order valence-electron chi connectivity index (χ4n) is 2.31. The SMILES string of the molecule is COCCSc1sc2nc(-c3cccnc3)cc(C(F)(F)F)c2c1N. The number of halogens is 3. The second-order valence-corrected chi connectivity index (χ2v) is 7.48. The molecule has 0 aliphatic rings. The van der Waals surface area contributed by atoms with Gasteiger partial charge in [0.1, 0.15) is 4.83 Å². The number of anilines is 1. The van der Waals surface area contributed by atoms with E-state index in [0.717, 1.165) is 17.4 Å². The molecule has 0 spiro atoms. The third-order valence-electron chi connectivity index (χ3n) is 3.45. The predicted octanol–water partition coefficient (Wildman–Crippen LogP) is 4.70. The van der Waals surface area contributed by atoms with Gasteiger partial charge < -0.3 is 10.5 Å². The number of pyridine rings is 2. The molecule has 3 aromatic heterocycles. The van der Waals surface area contributed by atoms with Gasteiger partial charge in [0.25, 0.3) is 0 Å². The van der Waals surface area contributed by atoms with Gasteiger partial charge in [-0.2, -0.15) is 13.2 Å². The highest BCUT2D eigenvalue weighted by atomic mass is 32.2. The summed E-state index contributed by atoms with van der Waals surface area (Å²) in [6.45, 7) is 0.485. The van der Waals surface area contributed by atoms with E-state index in [1.54, 1.807) is 25.4 Å². The van der Waals surface area contributed by atoms with Gasteiger partial charge in [-0.1, -0.05) is 0 Å². The molecule has 0 atom stereocenters. The molecule has 2 N–H and O–H groups in total. The van der Waals surface area contributed by atoms with Crippen molar-refractivity contribution in [1.82, 2.24) is 9.97 Å². The van der Waals surface area contributed by atoms with E-state index in [0.29, 0.717) is 22.1 Å². The van der Waals surface area contributed by atoms with Gasteiger partial charge in [0, 0.05) is 36.2 Å². The highest BCUT2D eigenvalue weighted by Crippen LogP contribution is 2.46. The maximum Gasteiger partial charge on any atom is 0.417 e. The van der Waals surface area contributed by atoms with Crippen molar-refractivity contribution in [3.63, 3.8) is 0 Å². The smallest absolute Gasteiger partial charge is 0.397 e. The Bertz CT molecular complexity index is 882. The Balaban J connectivity index is 2.17. The van der Waals surface area contributed by atoms with Gasteiger partial charge in [-0.25, -0.2) is 4.98 Å². The first-order valence-corrected chi connectivity index (χ1v) is 9.04. The predicted molar refractivity (Wildman–Crippen MR) is 94.9 cm³/mol. The zero-order chi connectivity index (χ0) is 18.0. The molecule has 0 saturated carbocycles. The summed E-state index contributed by atoms with van der Waals surface area (Å²) in [5, 5.41) is -0.0370. The molecule has 4 nitrogen and oxygen atoms in total. The van der Waals surface area contributed by atoms with Crippen molar-refractivity contribution in [2.24, 2.45) is 0 Å². The van der Waals surface area contributed by atoms with Crippen LogP contribution < -0.4 is 5.73 Å². The first kappa shape index (κ1) is 18.0. The summed E-state index contributed by atoms with van der Waals surface area (Å²) in [5.41, 5.74) is 6.10. The number of thiophene rings is 1. The molecule has 0 aromatic carbocycles. The minimum absolute atomic E-state index is 0.0370. The zero-order valence-corrected chi connectivity index (χ0v) is 14.8. The lowest BCUT2D eigenvalue weighted by Gasteiger charge is -2.11. The minimum atomic E-state index is -4.53. The second-order valence-electron chi connectivity index (χ2n) is 5.12. The number of aromatic nitrogens is 2. The summed E-state index contributed by atoms with van der Waals surface area (Å²) in [6, 6.07) is 4.36. The molecule has 0 fully saturated rings. The second kappa shape index (κ2) is 7.19. The number of nitrogens with two attached hydrogens (primary N) is 1. The summed E-state index contributed by atoms with van der Waals surface area (Å²) in [7, 11) is 1.57. The van der Waals surface area contributed by atoms with E-state index in [2.05, 4.69) is 9.97 Å². The third-order valence-corrected chi connectivity index (χ3v) is 5.80. The molecule has 132 valence electrons. The summed E-state index contributed by atoms with van der Waals surface area (Å²) in [6.07, 6.45) is -1.48. The van der Waals surface area contributed by atoms with Crippen molar-refractivity contribution >= 4 is 39.0 Å². The molecule has 3 heterocycles. The van der Waals surface area contributed by atoms with Crippen LogP contribution in [0.4, 0.5) is 18.9 Å². The van der Waals surface area contributed by atoms with Crippen molar-refractivity contribution in [2.45, 2.75) is 10.4 Å². The molecular formula is C16H14F3N3OS2. The average Bonchev–Trinajstić information content (AvgIpc) is 2.90. The Morgan fingerprint density at radius 2 is 2.16 bits per heavy atom. The third kappa shape index (κ3) is 3.73. The topological polar surface area (TPSA) is 61.0 Å². The van der Waals surface area contributed by atoms with Gasteiger partial charge in [0.05, 0.1) is 27.8 Å². The lowest BCUT2D eigenvalue weighted by Crippen LogP contribution is -2.07. The van der Waals surface area contributed by atoms with Crippen molar-refractivity contribution in [1.29, 1.82) is 0 Å². The minimum Gasteiger partial charge on any atom is -0.397 e. The average molecular weight is 385 g/mol. The molecule has 25 heavy (non-hydrogen) atoms. The van der Waals surface area contributed by atoms with Gasteiger partial charge in [-0.15, -0.1) is 23.1 Å². The van der Waals surface area contributed by atoms with Crippen LogP contribution >= 0.6 is 23.1 Å². The highest BCUT2D eigenvalue weighted by Gasteiger charge is 2.35. The number of thioether (sulfide) groups is 1. The number of hydrogen-bond acceptors (Lipinski definition) is 6. The van der Waals surface area contributed by atoms with E-state index in [1.807, 2.05) is 0 Å². The van der Waals surface area contributed by atoms with Crippen LogP contribution in [0.3, 0.4) is 0 Å². The molecule has 0 radical (unpaired) electrons. The van der Waals surface area contributed by atoms with Crippen LogP contribution in [0, 0.1) is 0 Å². The largest absolute Gasteiger partial charge is 0.417 e. The number of fused-ring (bicyclic) bond motifs is 1. The molecule has 0 amide bonds. The van der Waals surface area contributed by atoms with Crippen LogP contribution in [-0.4, -0.2) is 29.4 Å². The molecule has 0 unspecified atom stereocenters. The van der Waals surface area contributed by atoms with E-state index >= 15 is 0 Å². The lowest BCUT2D eigenvalue weighted by atomic mass is 10.1. The quantitative estimate of drug-likeness (QED) is 0.510. The van der Waals surface area contributed by atoms with Crippen molar-refractivity contribution in [3.05, 3.63) is 36.2 Å². The van der Waals surface area contributed by atoms with Crippen LogP contribution in [0.15, 0.2) is 34.8 Å². The monoisotopic (exact) mass is 385 g/mol. The summed E-state index contributed by atoms with van der Waals surface area (Å²) < 4.78 is 46.4. The van der Waals surface area contributed by atoms with Gasteiger partial charge in [-0.05, 0) is 18.2 Å². The van der Waals surface area contributed by atoms with Crippen LogP contribution in [0.25, 0.3) is 21.5 Å². The Labute approximate surface area is 150 Å². The summed E-state index contributed by atoms with van der Waals surface area (Å²) in [4.78, 5) is 8.60. The Hall–Kier alpha value is -1.84. The van der Waals surface area contributed by atoms with Gasteiger partial charge in [0.2, 0.25) is 0 Å². The molecule has 0 aliphatic heterocycles. The van der Waals surface area contributed by atoms with Crippen LogP contribution in [0.2, 0.25) is 0 Å². The van der Waals surface area contributed by atoms with Crippen molar-refractivity contribution < 1.29 is 17.9 Å². The lowest BCUT2D eigenvalue weighted by molar-refractivity contribution is -0.136. The Morgan fingerprint density at radius 3 is 2.80 bits per heavy atom. The number of nitrogen functional groups attached to an aromatic ring is 1. The summed E-state index contributed by atoms with van der Waals surface area (Å²) in [5.74, 6) is 0.602. The van der Waals surface area contributed by atoms with Gasteiger partial charge in [0.15, 0.2) is 0 Å². The summed E-state index contributed by atoms with van der Waals surface area (Å²) >= 11 is 2.53. The number of alkyl halides is 3. The van der Waals surface area contributed by atoms with Crippen molar-refractivity contribution in [3.8, 4) is 11.3 Å². The number of hydrogen-bond donors (Lipinski definition) is 1. The van der Waals surface area contributed by atoms with Gasteiger partial charge in [-0.3, -0.25) is 4.98 Å². The normalized spacial score (nSPS) is 12.0. The Kier molecular flexibility index (Phi) is 5.16. The molecule has 0 bridgehead atoms. The molecule has 0 aliphatic carbocycles. The fourth-order valence-corrected chi connectivity index (χ4v) is 4.58. The van der Waals surface area contributed by atoms with Crippen LogP contribution in [-0.2, 0) is 10.9 Å². The highest BCUT2D eigenvalue weighted by molar-refractivity contribution is 8.01. The van der Waals surface area contributed by atoms with Crippen molar-refractivity contribution in [2.75, 3.05) is 25.2 Å². The van der Waals surface area contributed by atoms with Crippen LogP contribution in [0.1, 0.15) is 5.56 Å². The first-order chi connectivity index (χ1) is 11.9. The van der Waals surface area contributed by atoms with E-state index < -0.39 is 11.7 Å². The number of rotatable bonds is 5. The van der Waals surface area contributed by atoms with E-state index in [4.69, 9.17) is 10.5 Å². The molecule has 3 aromatic rings. The standard InChI is InChI=1S/C16H14F3N3OS2/c1-23-5-6-24-15-13(20)12-10(16(17,18)19)7-11(22-14(12)25-15)9-3-2-4-21-8-9/h2-4,7-8H,5-6,20H2,1H3. The first-order valence-electron chi connectivity index (χ1n) is 7.24. The fraction of sp³-hybridized carbons (Fsp3) is 0.250. The molecule has 9 heteroatoms. The maximum absolute atomic E-state index is 13.6. The Morgan fingerprint density at radius 1 is 1.36 bits per heavy atom. The van der Waals surface area contributed by atoms with E-state index in [1.165, 1.54) is 18.0 Å². The van der Waals surface area contributed by atoms with E-state index in [9.17, 15) is 13.2 Å². The van der Waals surface area contributed by atoms with Gasteiger partial charge >= 0.3 is 6.18 Å². The number of nitrogens with zero attached hydrogens (tertiary/aromatic N) is 2. The zero-order valence-electron chi connectivity index (χ0n) is 13.1. The molecule has 3 rings (SSSR count). The van der Waals surface area contributed by atoms with Crippen LogP contribution in [0.5, 0.6) is 0 Å².